The molecule has 2 aromatic heterocycles. The zero-order chi connectivity index (χ0) is 15.0. The van der Waals surface area contributed by atoms with Crippen LogP contribution in [0.2, 0.25) is 0 Å². The normalized spacial score (nSPS) is 10.8. The lowest BCUT2D eigenvalue weighted by Gasteiger charge is -2.06. The van der Waals surface area contributed by atoms with Gasteiger partial charge in [0.25, 0.3) is 0 Å². The van der Waals surface area contributed by atoms with E-state index in [0.717, 1.165) is 22.6 Å². The van der Waals surface area contributed by atoms with Crippen LogP contribution in [0.25, 0.3) is 16.9 Å². The molecule has 0 radical (unpaired) electrons. The molecule has 0 amide bonds. The number of rotatable bonds is 3. The summed E-state index contributed by atoms with van der Waals surface area (Å²) in [6, 6.07) is 9.64. The second kappa shape index (κ2) is 5.01. The Balaban J connectivity index is 2.21. The summed E-state index contributed by atoms with van der Waals surface area (Å²) in [5, 5.41) is 0. The van der Waals surface area contributed by atoms with Gasteiger partial charge >= 0.3 is 0 Å². The lowest BCUT2D eigenvalue weighted by Crippen LogP contribution is -1.95. The number of nitrogens with two attached hydrogens (primary N) is 1. The number of aromatic nitrogens is 2. The van der Waals surface area contributed by atoms with Crippen molar-refractivity contribution in [1.29, 1.82) is 0 Å². The first-order chi connectivity index (χ1) is 10.2. The fraction of sp³-hybridized carbons (Fsp3) is 0.188. The van der Waals surface area contributed by atoms with Crippen LogP contribution in [0.4, 0.5) is 5.82 Å². The molecule has 0 atom stereocenters. The molecule has 1 aromatic carbocycles. The average molecular weight is 283 g/mol. The van der Waals surface area contributed by atoms with Crippen molar-refractivity contribution in [2.45, 2.75) is 6.92 Å². The van der Waals surface area contributed by atoms with Gasteiger partial charge in [-0.05, 0) is 42.8 Å². The van der Waals surface area contributed by atoms with Gasteiger partial charge in [-0.1, -0.05) is 0 Å². The predicted octanol–water partition coefficient (Wildman–Crippen LogP) is 2.91. The monoisotopic (exact) mass is 283 g/mol. The summed E-state index contributed by atoms with van der Waals surface area (Å²) in [4.78, 5) is 4.62. The number of methoxy groups -OCH3 is 2. The minimum absolute atomic E-state index is 0.591. The Labute approximate surface area is 122 Å². The summed E-state index contributed by atoms with van der Waals surface area (Å²) >= 11 is 0. The first kappa shape index (κ1) is 13.3. The zero-order valence-corrected chi connectivity index (χ0v) is 12.3. The van der Waals surface area contributed by atoms with Crippen LogP contribution in [0.5, 0.6) is 11.5 Å². The van der Waals surface area contributed by atoms with Crippen LogP contribution >= 0.6 is 0 Å². The van der Waals surface area contributed by atoms with Crippen molar-refractivity contribution in [3.8, 4) is 22.8 Å². The third kappa shape index (κ3) is 2.07. The van der Waals surface area contributed by atoms with Gasteiger partial charge in [0, 0.05) is 11.8 Å². The third-order valence-electron chi connectivity index (χ3n) is 3.54. The molecular weight excluding hydrogens is 266 g/mol. The molecule has 0 aliphatic heterocycles. The van der Waals surface area contributed by atoms with Crippen LogP contribution in [0, 0.1) is 6.92 Å². The zero-order valence-electron chi connectivity index (χ0n) is 12.3. The fourth-order valence-electron chi connectivity index (χ4n) is 2.46. The van der Waals surface area contributed by atoms with E-state index in [1.807, 2.05) is 47.9 Å². The first-order valence-corrected chi connectivity index (χ1v) is 6.61. The van der Waals surface area contributed by atoms with Crippen LogP contribution in [0.3, 0.4) is 0 Å². The van der Waals surface area contributed by atoms with E-state index >= 15 is 0 Å². The number of nitrogens with zero attached hydrogens (tertiary/aromatic N) is 2. The molecule has 0 saturated carbocycles. The molecule has 0 saturated heterocycles. The maximum absolute atomic E-state index is 6.23. The highest BCUT2D eigenvalue weighted by molar-refractivity contribution is 5.77. The van der Waals surface area contributed by atoms with Crippen LogP contribution in [-0.2, 0) is 0 Å². The van der Waals surface area contributed by atoms with Crippen LogP contribution in [-0.4, -0.2) is 23.6 Å². The molecule has 0 unspecified atom stereocenters. The number of imidazole rings is 1. The van der Waals surface area contributed by atoms with Gasteiger partial charge in [0.2, 0.25) is 0 Å². The van der Waals surface area contributed by atoms with E-state index in [-0.39, 0.29) is 0 Å². The molecule has 0 aliphatic rings. The van der Waals surface area contributed by atoms with Crippen LogP contribution in [0.1, 0.15) is 5.56 Å². The molecule has 3 rings (SSSR count). The molecule has 108 valence electrons. The predicted molar refractivity (Wildman–Crippen MR) is 82.9 cm³/mol. The fourth-order valence-corrected chi connectivity index (χ4v) is 2.46. The molecule has 21 heavy (non-hydrogen) atoms. The number of hydrogen-bond acceptors (Lipinski definition) is 4. The summed E-state index contributed by atoms with van der Waals surface area (Å²) in [6.07, 6.45) is 1.88. The Morgan fingerprint density at radius 3 is 2.52 bits per heavy atom. The van der Waals surface area contributed by atoms with Crippen molar-refractivity contribution in [3.05, 3.63) is 42.1 Å². The Bertz CT molecular complexity index is 809. The Kier molecular flexibility index (Phi) is 3.17. The maximum atomic E-state index is 6.23. The summed E-state index contributed by atoms with van der Waals surface area (Å²) in [6.45, 7) is 1.99. The van der Waals surface area contributed by atoms with Gasteiger partial charge in [-0.15, -0.1) is 0 Å². The molecule has 0 aliphatic carbocycles. The van der Waals surface area contributed by atoms with Gasteiger partial charge in [-0.3, -0.25) is 4.40 Å². The number of nitrogen functional groups attached to an aromatic ring is 1. The Hall–Kier alpha value is -2.69. The molecule has 2 N–H and O–H groups in total. The summed E-state index contributed by atoms with van der Waals surface area (Å²) in [5.41, 5.74) is 9.67. The molecule has 0 fully saturated rings. The Morgan fingerprint density at radius 1 is 1.10 bits per heavy atom. The number of hydrogen-bond donors (Lipinski definition) is 1. The van der Waals surface area contributed by atoms with Crippen LogP contribution in [0.15, 0.2) is 36.5 Å². The smallest absolute Gasteiger partial charge is 0.181 e. The summed E-state index contributed by atoms with van der Waals surface area (Å²) in [7, 11) is 3.28. The largest absolute Gasteiger partial charge is 0.496 e. The van der Waals surface area contributed by atoms with Gasteiger partial charge in [-0.25, -0.2) is 4.98 Å². The standard InChI is InChI=1S/C16H17N3O2/c1-10-9-11(6-7-12(10)20-2)14-15(17)19-8-4-5-13(21-3)16(19)18-14/h4-9H,17H2,1-3H3. The number of anilines is 1. The number of fused-ring (bicyclic) bond motifs is 1. The summed E-state index contributed by atoms with van der Waals surface area (Å²) in [5.74, 6) is 2.13. The van der Waals surface area contributed by atoms with Crippen molar-refractivity contribution in [1.82, 2.24) is 9.38 Å². The van der Waals surface area contributed by atoms with E-state index in [4.69, 9.17) is 15.2 Å². The minimum atomic E-state index is 0.591. The first-order valence-electron chi connectivity index (χ1n) is 6.61. The van der Waals surface area contributed by atoms with Crippen LogP contribution < -0.4 is 15.2 Å². The van der Waals surface area contributed by atoms with E-state index < -0.39 is 0 Å². The summed E-state index contributed by atoms with van der Waals surface area (Å²) < 4.78 is 12.4. The number of ether oxygens (including phenoxy) is 2. The molecule has 0 spiro atoms. The molecular formula is C16H17N3O2. The van der Waals surface area contributed by atoms with Crippen molar-refractivity contribution < 1.29 is 9.47 Å². The number of aryl methyl sites for hydroxylation is 1. The second-order valence-corrected chi connectivity index (χ2v) is 4.80. The molecule has 5 heteroatoms. The highest BCUT2D eigenvalue weighted by Crippen LogP contribution is 2.32. The molecule has 0 bridgehead atoms. The topological polar surface area (TPSA) is 61.8 Å². The van der Waals surface area contributed by atoms with Crippen molar-refractivity contribution >= 4 is 11.5 Å². The molecule has 5 nitrogen and oxygen atoms in total. The quantitative estimate of drug-likeness (QED) is 0.803. The molecule has 3 aromatic rings. The van der Waals surface area contributed by atoms with Gasteiger partial charge in [-0.2, -0.15) is 0 Å². The van der Waals surface area contributed by atoms with E-state index in [1.54, 1.807) is 14.2 Å². The van der Waals surface area contributed by atoms with Crippen molar-refractivity contribution in [2.24, 2.45) is 0 Å². The third-order valence-corrected chi connectivity index (χ3v) is 3.54. The van der Waals surface area contributed by atoms with E-state index in [1.165, 1.54) is 0 Å². The van der Waals surface area contributed by atoms with Crippen molar-refractivity contribution in [2.75, 3.05) is 20.0 Å². The van der Waals surface area contributed by atoms with E-state index in [0.29, 0.717) is 17.2 Å². The number of pyridine rings is 1. The Morgan fingerprint density at radius 2 is 1.86 bits per heavy atom. The highest BCUT2D eigenvalue weighted by Gasteiger charge is 2.14. The van der Waals surface area contributed by atoms with Gasteiger partial charge in [0.15, 0.2) is 11.4 Å². The lowest BCUT2D eigenvalue weighted by molar-refractivity contribution is 0.412. The van der Waals surface area contributed by atoms with E-state index in [2.05, 4.69) is 4.98 Å². The minimum Gasteiger partial charge on any atom is -0.496 e. The SMILES string of the molecule is COc1ccc(-c2nc3c(OC)cccn3c2N)cc1C. The lowest BCUT2D eigenvalue weighted by atomic mass is 10.1. The van der Waals surface area contributed by atoms with Gasteiger partial charge in [0.1, 0.15) is 17.3 Å². The number of benzene rings is 1. The van der Waals surface area contributed by atoms with Gasteiger partial charge < -0.3 is 15.2 Å². The second-order valence-electron chi connectivity index (χ2n) is 4.80. The van der Waals surface area contributed by atoms with Crippen molar-refractivity contribution in [3.63, 3.8) is 0 Å². The highest BCUT2D eigenvalue weighted by atomic mass is 16.5. The molecule has 2 heterocycles. The maximum Gasteiger partial charge on any atom is 0.181 e. The van der Waals surface area contributed by atoms with E-state index in [9.17, 15) is 0 Å². The average Bonchev–Trinajstić information content (AvgIpc) is 2.84. The van der Waals surface area contributed by atoms with Gasteiger partial charge in [0.05, 0.1) is 14.2 Å².